The van der Waals surface area contributed by atoms with Gasteiger partial charge < -0.3 is 5.32 Å². The molecule has 2 amide bonds. The molecule has 0 aliphatic heterocycles. The Morgan fingerprint density at radius 2 is 2.21 bits per heavy atom. The number of nitrogens with zero attached hydrogens (tertiary/aromatic N) is 3. The number of thiazole rings is 1. The van der Waals surface area contributed by atoms with E-state index in [0.717, 1.165) is 16.1 Å². The quantitative estimate of drug-likeness (QED) is 0.906. The summed E-state index contributed by atoms with van der Waals surface area (Å²) in [6.45, 7) is 5.82. The van der Waals surface area contributed by atoms with Crippen molar-refractivity contribution in [2.45, 2.75) is 26.8 Å². The number of rotatable bonds is 3. The van der Waals surface area contributed by atoms with Crippen molar-refractivity contribution in [1.29, 1.82) is 0 Å². The van der Waals surface area contributed by atoms with Crippen LogP contribution in [0, 0.1) is 13.8 Å². The fourth-order valence-electron chi connectivity index (χ4n) is 1.60. The zero-order valence-corrected chi connectivity index (χ0v) is 12.2. The smallest absolute Gasteiger partial charge is 0.321 e. The number of hydrogen-bond acceptors (Lipinski definition) is 4. The lowest BCUT2D eigenvalue weighted by molar-refractivity contribution is 0.249. The largest absolute Gasteiger partial charge is 0.331 e. The van der Waals surface area contributed by atoms with Gasteiger partial charge in [-0.2, -0.15) is 5.10 Å². The number of aryl methyl sites for hydroxylation is 3. The van der Waals surface area contributed by atoms with E-state index in [9.17, 15) is 4.79 Å². The highest BCUT2D eigenvalue weighted by Gasteiger charge is 2.12. The molecule has 0 aromatic carbocycles. The van der Waals surface area contributed by atoms with Gasteiger partial charge in [0.2, 0.25) is 0 Å². The lowest BCUT2D eigenvalue weighted by Gasteiger charge is -2.11. The molecule has 2 aromatic rings. The molecule has 2 N–H and O–H groups in total. The number of urea groups is 1. The molecule has 2 rings (SSSR count). The Morgan fingerprint density at radius 3 is 2.74 bits per heavy atom. The zero-order valence-electron chi connectivity index (χ0n) is 11.4. The first-order valence-electron chi connectivity index (χ1n) is 5.96. The minimum absolute atomic E-state index is 0.101. The van der Waals surface area contributed by atoms with Crippen molar-refractivity contribution in [3.05, 3.63) is 28.5 Å². The fourth-order valence-corrected chi connectivity index (χ4v) is 2.41. The molecule has 0 unspecified atom stereocenters. The van der Waals surface area contributed by atoms with Crippen molar-refractivity contribution < 1.29 is 4.79 Å². The minimum atomic E-state index is -0.259. The lowest BCUT2D eigenvalue weighted by atomic mass is 10.2. The monoisotopic (exact) mass is 279 g/mol. The molecule has 102 valence electrons. The Bertz CT molecular complexity index is 569. The predicted octanol–water partition coefficient (Wildman–Crippen LogP) is 2.38. The third-order valence-electron chi connectivity index (χ3n) is 2.82. The Kier molecular flexibility index (Phi) is 3.84. The highest BCUT2D eigenvalue weighted by atomic mass is 32.1. The number of carbonyl (C=O) groups excluding carboxylic acids is 1. The van der Waals surface area contributed by atoms with Crippen molar-refractivity contribution in [3.63, 3.8) is 0 Å². The number of anilines is 1. The molecular formula is C12H17N5OS. The average Bonchev–Trinajstić information content (AvgIpc) is 2.86. The van der Waals surface area contributed by atoms with Gasteiger partial charge in [0, 0.05) is 23.7 Å². The number of amides is 2. The Labute approximate surface area is 115 Å². The van der Waals surface area contributed by atoms with Crippen LogP contribution in [0.4, 0.5) is 9.93 Å². The fraction of sp³-hybridized carbons (Fsp3) is 0.417. The van der Waals surface area contributed by atoms with Crippen LogP contribution in [0.5, 0.6) is 0 Å². The molecule has 0 spiro atoms. The minimum Gasteiger partial charge on any atom is -0.331 e. The molecule has 0 saturated heterocycles. The number of carbonyl (C=O) groups is 1. The van der Waals surface area contributed by atoms with Crippen LogP contribution in [0.2, 0.25) is 0 Å². The third kappa shape index (κ3) is 3.31. The van der Waals surface area contributed by atoms with Crippen LogP contribution in [0.3, 0.4) is 0 Å². The summed E-state index contributed by atoms with van der Waals surface area (Å²) in [5, 5.41) is 10.3. The number of nitrogens with one attached hydrogen (secondary N) is 2. The van der Waals surface area contributed by atoms with Crippen molar-refractivity contribution in [3.8, 4) is 0 Å². The van der Waals surface area contributed by atoms with E-state index in [0.29, 0.717) is 5.13 Å². The van der Waals surface area contributed by atoms with Crippen LogP contribution in [0.15, 0.2) is 12.4 Å². The molecular weight excluding hydrogens is 262 g/mol. The van der Waals surface area contributed by atoms with E-state index >= 15 is 0 Å². The molecule has 0 bridgehead atoms. The summed E-state index contributed by atoms with van der Waals surface area (Å²) in [7, 11) is 1.84. The van der Waals surface area contributed by atoms with Crippen molar-refractivity contribution in [1.82, 2.24) is 20.1 Å². The first-order chi connectivity index (χ1) is 8.95. The van der Waals surface area contributed by atoms with Crippen LogP contribution in [0.1, 0.15) is 29.1 Å². The SMILES string of the molecule is Cc1nc(NC(=O)N[C@@H](C)c2cnn(C)c2)sc1C. The van der Waals surface area contributed by atoms with Gasteiger partial charge in [-0.1, -0.05) is 0 Å². The summed E-state index contributed by atoms with van der Waals surface area (Å²) in [5.74, 6) is 0. The van der Waals surface area contributed by atoms with Crippen molar-refractivity contribution >= 4 is 22.5 Å². The van der Waals surface area contributed by atoms with Gasteiger partial charge in [-0.25, -0.2) is 9.78 Å². The Hall–Kier alpha value is -1.89. The van der Waals surface area contributed by atoms with E-state index in [1.54, 1.807) is 10.9 Å². The van der Waals surface area contributed by atoms with Gasteiger partial charge >= 0.3 is 6.03 Å². The summed E-state index contributed by atoms with van der Waals surface area (Å²) in [6, 6.07) is -0.360. The maximum absolute atomic E-state index is 11.8. The molecule has 19 heavy (non-hydrogen) atoms. The maximum atomic E-state index is 11.8. The van der Waals surface area contributed by atoms with E-state index < -0.39 is 0 Å². The van der Waals surface area contributed by atoms with E-state index in [2.05, 4.69) is 20.7 Å². The van der Waals surface area contributed by atoms with E-state index in [1.165, 1.54) is 11.3 Å². The molecule has 0 fully saturated rings. The van der Waals surface area contributed by atoms with Gasteiger partial charge in [0.05, 0.1) is 17.9 Å². The average molecular weight is 279 g/mol. The van der Waals surface area contributed by atoms with Crippen molar-refractivity contribution in [2.24, 2.45) is 7.05 Å². The molecule has 2 heterocycles. The molecule has 2 aromatic heterocycles. The molecule has 7 heteroatoms. The first kappa shape index (κ1) is 13.5. The van der Waals surface area contributed by atoms with Crippen LogP contribution >= 0.6 is 11.3 Å². The van der Waals surface area contributed by atoms with Gasteiger partial charge in [0.1, 0.15) is 0 Å². The van der Waals surface area contributed by atoms with Gasteiger partial charge in [-0.3, -0.25) is 10.00 Å². The highest BCUT2D eigenvalue weighted by Crippen LogP contribution is 2.21. The summed E-state index contributed by atoms with van der Waals surface area (Å²) in [5.41, 5.74) is 1.91. The Morgan fingerprint density at radius 1 is 1.47 bits per heavy atom. The standard InChI is InChI=1S/C12H17N5OS/c1-7-9(3)19-12(15-7)16-11(18)14-8(2)10-5-13-17(4)6-10/h5-6,8H,1-4H3,(H2,14,15,16,18)/t8-/m0/s1. The molecule has 0 radical (unpaired) electrons. The Balaban J connectivity index is 1.94. The topological polar surface area (TPSA) is 71.8 Å². The number of aromatic nitrogens is 3. The molecule has 0 aliphatic rings. The van der Waals surface area contributed by atoms with Crippen molar-refractivity contribution in [2.75, 3.05) is 5.32 Å². The maximum Gasteiger partial charge on any atom is 0.321 e. The second kappa shape index (κ2) is 5.40. The van der Waals surface area contributed by atoms with Gasteiger partial charge in [-0.05, 0) is 20.8 Å². The molecule has 0 aliphatic carbocycles. The molecule has 6 nitrogen and oxygen atoms in total. The summed E-state index contributed by atoms with van der Waals surface area (Å²) >= 11 is 1.47. The van der Waals surface area contributed by atoms with Crippen LogP contribution in [0.25, 0.3) is 0 Å². The van der Waals surface area contributed by atoms with Crippen LogP contribution in [-0.4, -0.2) is 20.8 Å². The van der Waals surface area contributed by atoms with E-state index in [4.69, 9.17) is 0 Å². The molecule has 0 saturated carbocycles. The zero-order chi connectivity index (χ0) is 14.0. The van der Waals surface area contributed by atoms with Crippen LogP contribution in [-0.2, 0) is 7.05 Å². The van der Waals surface area contributed by atoms with Gasteiger partial charge in [0.25, 0.3) is 0 Å². The highest BCUT2D eigenvalue weighted by molar-refractivity contribution is 7.15. The second-order valence-electron chi connectivity index (χ2n) is 4.43. The number of hydrogen-bond donors (Lipinski definition) is 2. The summed E-state index contributed by atoms with van der Waals surface area (Å²) in [4.78, 5) is 17.2. The summed E-state index contributed by atoms with van der Waals surface area (Å²) in [6.07, 6.45) is 3.62. The van der Waals surface area contributed by atoms with E-state index in [-0.39, 0.29) is 12.1 Å². The third-order valence-corrected chi connectivity index (χ3v) is 3.81. The normalized spacial score (nSPS) is 12.2. The van der Waals surface area contributed by atoms with Crippen LogP contribution < -0.4 is 10.6 Å². The predicted molar refractivity (Wildman–Crippen MR) is 75.4 cm³/mol. The van der Waals surface area contributed by atoms with E-state index in [1.807, 2.05) is 34.0 Å². The van der Waals surface area contributed by atoms with Gasteiger partial charge in [-0.15, -0.1) is 11.3 Å². The molecule has 1 atom stereocenters. The summed E-state index contributed by atoms with van der Waals surface area (Å²) < 4.78 is 1.71. The second-order valence-corrected chi connectivity index (χ2v) is 5.63. The first-order valence-corrected chi connectivity index (χ1v) is 6.77. The van der Waals surface area contributed by atoms with Gasteiger partial charge in [0.15, 0.2) is 5.13 Å². The lowest BCUT2D eigenvalue weighted by Crippen LogP contribution is -2.30.